The van der Waals surface area contributed by atoms with Gasteiger partial charge in [-0.3, -0.25) is 0 Å². The Morgan fingerprint density at radius 2 is 1.95 bits per heavy atom. The first kappa shape index (κ1) is 13.1. The molecule has 0 saturated heterocycles. The fraction of sp³-hybridized carbons (Fsp3) is 0.294. The van der Waals surface area contributed by atoms with Gasteiger partial charge in [-0.2, -0.15) is 0 Å². The van der Waals surface area contributed by atoms with Gasteiger partial charge in [0.25, 0.3) is 0 Å². The van der Waals surface area contributed by atoms with Crippen LogP contribution in [0.3, 0.4) is 0 Å². The van der Waals surface area contributed by atoms with Crippen molar-refractivity contribution in [2.75, 3.05) is 0 Å². The molecule has 20 heavy (non-hydrogen) atoms. The summed E-state index contributed by atoms with van der Waals surface area (Å²) in [4.78, 5) is 0. The summed E-state index contributed by atoms with van der Waals surface area (Å²) in [6, 6.07) is 13.5. The van der Waals surface area contributed by atoms with Gasteiger partial charge in [-0.25, -0.2) is 4.39 Å². The Morgan fingerprint density at radius 3 is 2.75 bits per heavy atom. The molecular weight excluding hydrogens is 253 g/mol. The Bertz CT molecular complexity index is 612. The molecule has 3 heteroatoms. The fourth-order valence-electron chi connectivity index (χ4n) is 2.79. The third-order valence-corrected chi connectivity index (χ3v) is 3.95. The van der Waals surface area contributed by atoms with Gasteiger partial charge in [0.15, 0.2) is 11.6 Å². The van der Waals surface area contributed by atoms with E-state index in [1.165, 1.54) is 23.3 Å². The Kier molecular flexibility index (Phi) is 3.70. The van der Waals surface area contributed by atoms with Crippen molar-refractivity contribution in [1.82, 2.24) is 5.32 Å². The highest BCUT2D eigenvalue weighted by molar-refractivity contribution is 5.31. The van der Waals surface area contributed by atoms with E-state index >= 15 is 0 Å². The molecule has 1 unspecified atom stereocenters. The molecule has 3 rings (SSSR count). The molecule has 0 fully saturated rings. The van der Waals surface area contributed by atoms with Crippen molar-refractivity contribution in [3.8, 4) is 5.75 Å². The molecule has 0 radical (unpaired) electrons. The lowest BCUT2D eigenvalue weighted by Gasteiger charge is -2.25. The first-order valence-electron chi connectivity index (χ1n) is 7.00. The number of hydrogen-bond acceptors (Lipinski definition) is 2. The largest absolute Gasteiger partial charge is 0.505 e. The Hall–Kier alpha value is -1.87. The number of halogens is 1. The van der Waals surface area contributed by atoms with Gasteiger partial charge in [0.1, 0.15) is 0 Å². The average molecular weight is 271 g/mol. The van der Waals surface area contributed by atoms with Crippen LogP contribution in [0.1, 0.15) is 23.1 Å². The lowest BCUT2D eigenvalue weighted by atomic mass is 9.88. The van der Waals surface area contributed by atoms with Gasteiger partial charge in [-0.15, -0.1) is 0 Å². The second-order valence-electron chi connectivity index (χ2n) is 5.38. The van der Waals surface area contributed by atoms with Gasteiger partial charge in [-0.1, -0.05) is 30.3 Å². The lowest BCUT2D eigenvalue weighted by Crippen LogP contribution is -2.34. The van der Waals surface area contributed by atoms with Crippen molar-refractivity contribution in [3.63, 3.8) is 0 Å². The molecule has 2 aromatic rings. The summed E-state index contributed by atoms with van der Waals surface area (Å²) in [5.41, 5.74) is 3.72. The molecule has 0 aromatic heterocycles. The third kappa shape index (κ3) is 2.83. The zero-order valence-electron chi connectivity index (χ0n) is 11.3. The second-order valence-corrected chi connectivity index (χ2v) is 5.38. The van der Waals surface area contributed by atoms with Crippen molar-refractivity contribution in [3.05, 3.63) is 65.0 Å². The first-order chi connectivity index (χ1) is 9.72. The van der Waals surface area contributed by atoms with Crippen molar-refractivity contribution >= 4 is 0 Å². The van der Waals surface area contributed by atoms with Crippen LogP contribution >= 0.6 is 0 Å². The minimum Gasteiger partial charge on any atom is -0.505 e. The van der Waals surface area contributed by atoms with Crippen LogP contribution < -0.4 is 5.32 Å². The minimum absolute atomic E-state index is 0.291. The van der Waals surface area contributed by atoms with Crippen LogP contribution in [0.4, 0.5) is 4.39 Å². The number of benzene rings is 2. The highest BCUT2D eigenvalue weighted by Gasteiger charge is 2.17. The zero-order chi connectivity index (χ0) is 13.9. The number of rotatable bonds is 3. The number of nitrogens with one attached hydrogen (secondary N) is 1. The summed E-state index contributed by atoms with van der Waals surface area (Å²) in [5, 5.41) is 12.7. The molecule has 0 bridgehead atoms. The van der Waals surface area contributed by atoms with E-state index in [1.807, 2.05) is 0 Å². The van der Waals surface area contributed by atoms with Crippen LogP contribution in [-0.2, 0) is 19.4 Å². The number of phenols is 1. The molecule has 1 aliphatic carbocycles. The predicted molar refractivity (Wildman–Crippen MR) is 77.2 cm³/mol. The standard InChI is InChI=1S/C17H18FNO/c18-16-9-12(5-8-17(16)20)11-19-15-7-6-13-3-1-2-4-14(13)10-15/h1-5,8-9,15,19-20H,6-7,10-11H2. The van der Waals surface area contributed by atoms with Crippen LogP contribution in [0.15, 0.2) is 42.5 Å². The number of aryl methyl sites for hydroxylation is 1. The van der Waals surface area contributed by atoms with E-state index in [0.29, 0.717) is 12.6 Å². The van der Waals surface area contributed by atoms with Crippen molar-refractivity contribution < 1.29 is 9.50 Å². The summed E-state index contributed by atoms with van der Waals surface area (Å²) in [6.07, 6.45) is 3.23. The second kappa shape index (κ2) is 5.63. The number of hydrogen-bond donors (Lipinski definition) is 2. The van der Waals surface area contributed by atoms with Gasteiger partial charge in [0, 0.05) is 12.6 Å². The molecule has 2 aromatic carbocycles. The Labute approximate surface area is 118 Å². The summed E-state index contributed by atoms with van der Waals surface area (Å²) in [7, 11) is 0. The first-order valence-corrected chi connectivity index (χ1v) is 7.00. The van der Waals surface area contributed by atoms with Crippen LogP contribution in [0.5, 0.6) is 5.75 Å². The zero-order valence-corrected chi connectivity index (χ0v) is 11.3. The molecule has 2 N–H and O–H groups in total. The summed E-state index contributed by atoms with van der Waals surface area (Å²) in [6.45, 7) is 0.629. The van der Waals surface area contributed by atoms with E-state index in [2.05, 4.69) is 29.6 Å². The Balaban J connectivity index is 1.61. The molecule has 0 amide bonds. The summed E-state index contributed by atoms with van der Waals surface area (Å²) >= 11 is 0. The minimum atomic E-state index is -0.557. The van der Waals surface area contributed by atoms with Gasteiger partial charge in [0.2, 0.25) is 0 Å². The average Bonchev–Trinajstić information content (AvgIpc) is 2.48. The summed E-state index contributed by atoms with van der Waals surface area (Å²) < 4.78 is 13.3. The highest BCUT2D eigenvalue weighted by Crippen LogP contribution is 2.22. The SMILES string of the molecule is Oc1ccc(CNC2CCc3ccccc3C2)cc1F. The van der Waals surface area contributed by atoms with E-state index in [9.17, 15) is 9.50 Å². The molecule has 2 nitrogen and oxygen atoms in total. The van der Waals surface area contributed by atoms with Gasteiger partial charge in [0.05, 0.1) is 0 Å². The third-order valence-electron chi connectivity index (χ3n) is 3.95. The number of aromatic hydroxyl groups is 1. The fourth-order valence-corrected chi connectivity index (χ4v) is 2.79. The van der Waals surface area contributed by atoms with Gasteiger partial charge in [-0.05, 0) is 48.1 Å². The maximum atomic E-state index is 13.3. The highest BCUT2D eigenvalue weighted by atomic mass is 19.1. The molecule has 0 aliphatic heterocycles. The maximum Gasteiger partial charge on any atom is 0.165 e. The van der Waals surface area contributed by atoms with Crippen LogP contribution in [0.25, 0.3) is 0 Å². The lowest BCUT2D eigenvalue weighted by molar-refractivity contribution is 0.429. The monoisotopic (exact) mass is 271 g/mol. The van der Waals surface area contributed by atoms with E-state index in [4.69, 9.17) is 0 Å². The van der Waals surface area contributed by atoms with E-state index in [1.54, 1.807) is 6.07 Å². The van der Waals surface area contributed by atoms with Crippen molar-refractivity contribution in [2.45, 2.75) is 31.8 Å². The molecular formula is C17H18FNO. The van der Waals surface area contributed by atoms with Crippen LogP contribution in [0.2, 0.25) is 0 Å². The van der Waals surface area contributed by atoms with Crippen LogP contribution in [0, 0.1) is 5.82 Å². The quantitative estimate of drug-likeness (QED) is 0.898. The molecule has 1 atom stereocenters. The van der Waals surface area contributed by atoms with Gasteiger partial charge < -0.3 is 10.4 Å². The van der Waals surface area contributed by atoms with Gasteiger partial charge >= 0.3 is 0 Å². The van der Waals surface area contributed by atoms with E-state index < -0.39 is 5.82 Å². The predicted octanol–water partition coefficient (Wildman–Crippen LogP) is 3.18. The molecule has 0 spiro atoms. The van der Waals surface area contributed by atoms with Crippen LogP contribution in [-0.4, -0.2) is 11.1 Å². The Morgan fingerprint density at radius 1 is 1.15 bits per heavy atom. The topological polar surface area (TPSA) is 32.3 Å². The maximum absolute atomic E-state index is 13.3. The van der Waals surface area contributed by atoms with E-state index in [-0.39, 0.29) is 5.75 Å². The molecule has 1 aliphatic rings. The summed E-state index contributed by atoms with van der Waals surface area (Å²) in [5.74, 6) is -0.848. The molecule has 104 valence electrons. The van der Waals surface area contributed by atoms with Crippen molar-refractivity contribution in [2.24, 2.45) is 0 Å². The van der Waals surface area contributed by atoms with E-state index in [0.717, 1.165) is 24.8 Å². The molecule has 0 heterocycles. The smallest absolute Gasteiger partial charge is 0.165 e. The van der Waals surface area contributed by atoms with Crippen molar-refractivity contribution in [1.29, 1.82) is 0 Å². The molecule has 0 saturated carbocycles. The number of phenolic OH excluding ortho intramolecular Hbond substituents is 1. The normalized spacial score (nSPS) is 17.8. The number of fused-ring (bicyclic) bond motifs is 1.